The molecule has 0 aromatic heterocycles. The summed E-state index contributed by atoms with van der Waals surface area (Å²) in [7, 11) is 1.70. The average molecular weight is 463 g/mol. The van der Waals surface area contributed by atoms with Crippen molar-refractivity contribution in [1.82, 2.24) is 0 Å². The Morgan fingerprint density at radius 1 is 0.950 bits per heavy atom. The number of benzene rings is 2. The Labute approximate surface area is 145 Å². The van der Waals surface area contributed by atoms with Gasteiger partial charge in [0.25, 0.3) is 0 Å². The van der Waals surface area contributed by atoms with E-state index in [-0.39, 0.29) is 4.83 Å². The normalized spacial score (nSPS) is 12.3. The molecule has 0 aliphatic carbocycles. The van der Waals surface area contributed by atoms with Crippen LogP contribution in [0, 0.1) is 13.8 Å². The van der Waals surface area contributed by atoms with E-state index in [0.29, 0.717) is 0 Å². The molecule has 2 aromatic carbocycles. The van der Waals surface area contributed by atoms with E-state index in [9.17, 15) is 0 Å². The van der Waals surface area contributed by atoms with Crippen LogP contribution in [0.5, 0.6) is 5.75 Å². The lowest BCUT2D eigenvalue weighted by Gasteiger charge is -2.16. The largest absolute Gasteiger partial charge is 0.496 e. The number of hydrogen-bond acceptors (Lipinski definition) is 1. The molecule has 4 heteroatoms. The van der Waals surface area contributed by atoms with E-state index in [2.05, 4.69) is 85.0 Å². The van der Waals surface area contributed by atoms with Crippen molar-refractivity contribution in [3.8, 4) is 5.75 Å². The highest BCUT2D eigenvalue weighted by Crippen LogP contribution is 2.39. The van der Waals surface area contributed by atoms with Crippen molar-refractivity contribution in [3.05, 3.63) is 61.5 Å². The van der Waals surface area contributed by atoms with Crippen LogP contribution >= 0.6 is 47.8 Å². The third-order valence-corrected chi connectivity index (χ3v) is 5.84. The van der Waals surface area contributed by atoms with Gasteiger partial charge < -0.3 is 4.74 Å². The van der Waals surface area contributed by atoms with Crippen LogP contribution in [-0.2, 0) is 0 Å². The summed E-state index contributed by atoms with van der Waals surface area (Å²) >= 11 is 11.0. The minimum absolute atomic E-state index is 0.114. The third kappa shape index (κ3) is 3.29. The Morgan fingerprint density at radius 2 is 1.65 bits per heavy atom. The summed E-state index contributed by atoms with van der Waals surface area (Å²) in [4.78, 5) is 0.114. The maximum atomic E-state index is 5.40. The number of aryl methyl sites for hydroxylation is 2. The third-order valence-electron chi connectivity index (χ3n) is 3.28. The minimum Gasteiger partial charge on any atom is -0.496 e. The van der Waals surface area contributed by atoms with E-state index in [1.807, 2.05) is 6.92 Å². The van der Waals surface area contributed by atoms with Gasteiger partial charge in [-0.15, -0.1) is 0 Å². The fourth-order valence-corrected chi connectivity index (χ4v) is 4.05. The number of alkyl halides is 1. The zero-order valence-corrected chi connectivity index (χ0v) is 16.3. The molecule has 106 valence electrons. The van der Waals surface area contributed by atoms with E-state index in [1.165, 1.54) is 16.7 Å². The van der Waals surface area contributed by atoms with Crippen LogP contribution in [0.2, 0.25) is 0 Å². The maximum Gasteiger partial charge on any atom is 0.122 e. The highest BCUT2D eigenvalue weighted by molar-refractivity contribution is 9.11. The standard InChI is InChI=1S/C16H15Br3O/c1-9-4-5-11(7-15(9)20-3)16(19)12-8-13(17)10(2)6-14(12)18/h4-8,16H,1-3H3. The Bertz CT molecular complexity index is 638. The number of methoxy groups -OCH3 is 1. The lowest BCUT2D eigenvalue weighted by Crippen LogP contribution is -1.97. The molecule has 1 nitrogen and oxygen atoms in total. The quantitative estimate of drug-likeness (QED) is 0.485. The minimum atomic E-state index is 0.114. The van der Waals surface area contributed by atoms with Crippen LogP contribution < -0.4 is 4.74 Å². The first kappa shape index (κ1) is 16.1. The Balaban J connectivity index is 2.46. The van der Waals surface area contributed by atoms with Crippen molar-refractivity contribution in [3.63, 3.8) is 0 Å². The molecule has 0 bridgehead atoms. The van der Waals surface area contributed by atoms with E-state index >= 15 is 0 Å². The predicted molar refractivity (Wildman–Crippen MR) is 95.1 cm³/mol. The lowest BCUT2D eigenvalue weighted by atomic mass is 10.0. The smallest absolute Gasteiger partial charge is 0.122 e. The van der Waals surface area contributed by atoms with Gasteiger partial charge in [-0.25, -0.2) is 0 Å². The number of ether oxygens (including phenoxy) is 1. The first-order valence-corrected chi connectivity index (χ1v) is 8.68. The van der Waals surface area contributed by atoms with Crippen LogP contribution in [0.25, 0.3) is 0 Å². The molecule has 0 aliphatic rings. The fraction of sp³-hybridized carbons (Fsp3) is 0.250. The molecule has 0 saturated heterocycles. The molecule has 0 fully saturated rings. The Kier molecular flexibility index (Phi) is 5.32. The van der Waals surface area contributed by atoms with Crippen molar-refractivity contribution in [2.45, 2.75) is 18.7 Å². The van der Waals surface area contributed by atoms with Crippen LogP contribution in [0.3, 0.4) is 0 Å². The summed E-state index contributed by atoms with van der Waals surface area (Å²) in [6.45, 7) is 4.13. The molecule has 0 heterocycles. The van der Waals surface area contributed by atoms with Gasteiger partial charge >= 0.3 is 0 Å². The molecule has 0 N–H and O–H groups in total. The summed E-state index contributed by atoms with van der Waals surface area (Å²) in [5.41, 5.74) is 4.71. The van der Waals surface area contributed by atoms with E-state index in [1.54, 1.807) is 7.11 Å². The number of halogens is 3. The first-order valence-electron chi connectivity index (χ1n) is 6.18. The second-order valence-corrected chi connectivity index (χ2v) is 7.34. The summed E-state index contributed by atoms with van der Waals surface area (Å²) in [5, 5.41) is 0. The molecule has 0 spiro atoms. The highest BCUT2D eigenvalue weighted by atomic mass is 79.9. The molecule has 2 rings (SSSR count). The van der Waals surface area contributed by atoms with E-state index in [0.717, 1.165) is 20.3 Å². The van der Waals surface area contributed by atoms with Gasteiger partial charge in [-0.2, -0.15) is 0 Å². The Hall–Kier alpha value is -0.320. The number of hydrogen-bond donors (Lipinski definition) is 0. The van der Waals surface area contributed by atoms with Crippen LogP contribution in [0.1, 0.15) is 27.1 Å². The van der Waals surface area contributed by atoms with Crippen LogP contribution in [-0.4, -0.2) is 7.11 Å². The molecule has 0 aliphatic heterocycles. The second kappa shape index (κ2) is 6.63. The number of rotatable bonds is 3. The van der Waals surface area contributed by atoms with Gasteiger partial charge in [0, 0.05) is 8.95 Å². The van der Waals surface area contributed by atoms with Crippen molar-refractivity contribution < 1.29 is 4.74 Å². The predicted octanol–water partition coefficient (Wildman–Crippen LogP) is 6.32. The average Bonchev–Trinajstić information content (AvgIpc) is 2.42. The van der Waals surface area contributed by atoms with Crippen molar-refractivity contribution in [2.75, 3.05) is 7.11 Å². The van der Waals surface area contributed by atoms with Crippen molar-refractivity contribution in [1.29, 1.82) is 0 Å². The zero-order chi connectivity index (χ0) is 14.9. The maximum absolute atomic E-state index is 5.40. The molecule has 20 heavy (non-hydrogen) atoms. The van der Waals surface area contributed by atoms with Gasteiger partial charge in [0.1, 0.15) is 5.75 Å². The van der Waals surface area contributed by atoms with Gasteiger partial charge in [0.15, 0.2) is 0 Å². The second-order valence-electron chi connectivity index (χ2n) is 4.71. The molecule has 0 amide bonds. The lowest BCUT2D eigenvalue weighted by molar-refractivity contribution is 0.411. The van der Waals surface area contributed by atoms with Gasteiger partial charge in [-0.05, 0) is 54.3 Å². The highest BCUT2D eigenvalue weighted by Gasteiger charge is 2.16. The first-order chi connectivity index (χ1) is 9.43. The molecule has 2 aromatic rings. The van der Waals surface area contributed by atoms with Gasteiger partial charge in [-0.3, -0.25) is 0 Å². The summed E-state index contributed by atoms with van der Waals surface area (Å²) in [6, 6.07) is 10.6. The molecule has 1 atom stereocenters. The van der Waals surface area contributed by atoms with Gasteiger partial charge in [0.05, 0.1) is 11.9 Å². The van der Waals surface area contributed by atoms with E-state index in [4.69, 9.17) is 4.74 Å². The zero-order valence-electron chi connectivity index (χ0n) is 11.5. The van der Waals surface area contributed by atoms with E-state index < -0.39 is 0 Å². The molecular formula is C16H15Br3O. The summed E-state index contributed by atoms with van der Waals surface area (Å²) < 4.78 is 7.61. The summed E-state index contributed by atoms with van der Waals surface area (Å²) in [6.07, 6.45) is 0. The molecule has 0 saturated carbocycles. The SMILES string of the molecule is COc1cc(C(Br)c2cc(Br)c(C)cc2Br)ccc1C. The molecule has 1 unspecified atom stereocenters. The topological polar surface area (TPSA) is 9.23 Å². The van der Waals surface area contributed by atoms with Gasteiger partial charge in [-0.1, -0.05) is 59.9 Å². The monoisotopic (exact) mass is 460 g/mol. The molecular weight excluding hydrogens is 448 g/mol. The van der Waals surface area contributed by atoms with Crippen LogP contribution in [0.15, 0.2) is 39.3 Å². The molecule has 0 radical (unpaired) electrons. The fourth-order valence-electron chi connectivity index (χ4n) is 2.03. The van der Waals surface area contributed by atoms with Crippen molar-refractivity contribution >= 4 is 47.8 Å². The van der Waals surface area contributed by atoms with Crippen LogP contribution in [0.4, 0.5) is 0 Å². The van der Waals surface area contributed by atoms with Gasteiger partial charge in [0.2, 0.25) is 0 Å². The Morgan fingerprint density at radius 3 is 2.30 bits per heavy atom. The summed E-state index contributed by atoms with van der Waals surface area (Å²) in [5.74, 6) is 0.911. The van der Waals surface area contributed by atoms with Crippen molar-refractivity contribution in [2.24, 2.45) is 0 Å².